The molecule has 2 saturated heterocycles. The van der Waals surface area contributed by atoms with Crippen molar-refractivity contribution in [1.29, 1.82) is 5.26 Å². The summed E-state index contributed by atoms with van der Waals surface area (Å²) in [5, 5.41) is 8.84. The van der Waals surface area contributed by atoms with Crippen LogP contribution in [-0.4, -0.2) is 47.9 Å². The number of nitriles is 1. The van der Waals surface area contributed by atoms with Gasteiger partial charge in [0, 0.05) is 32.1 Å². The van der Waals surface area contributed by atoms with Gasteiger partial charge >= 0.3 is 0 Å². The molecule has 0 spiro atoms. The molecule has 0 N–H and O–H groups in total. The third kappa shape index (κ3) is 2.19. The molecule has 0 bridgehead atoms. The second-order valence-electron chi connectivity index (χ2n) is 4.82. The van der Waals surface area contributed by atoms with Crippen molar-refractivity contribution < 1.29 is 4.79 Å². The summed E-state index contributed by atoms with van der Waals surface area (Å²) in [5.41, 5.74) is 0. The molecule has 1 amide bonds. The van der Waals surface area contributed by atoms with Crippen LogP contribution in [0.2, 0.25) is 0 Å². The molecule has 0 saturated carbocycles. The van der Waals surface area contributed by atoms with E-state index in [-0.39, 0.29) is 11.8 Å². The van der Waals surface area contributed by atoms with Crippen LogP contribution in [0.3, 0.4) is 0 Å². The Bertz CT molecular complexity index is 310. The number of amides is 1. The predicted octanol–water partition coefficient (Wildman–Crippen LogP) is 0.843. The highest BCUT2D eigenvalue weighted by atomic mass is 16.2. The number of hydrogen-bond acceptors (Lipinski definition) is 3. The molecule has 0 radical (unpaired) electrons. The second kappa shape index (κ2) is 4.84. The molecular weight excluding hydrogens is 202 g/mol. The number of hydrogen-bond donors (Lipinski definition) is 0. The lowest BCUT2D eigenvalue weighted by Gasteiger charge is -2.24. The molecule has 2 aliphatic rings. The second-order valence-corrected chi connectivity index (χ2v) is 4.82. The highest BCUT2D eigenvalue weighted by molar-refractivity contribution is 5.79. The molecule has 2 heterocycles. The zero-order valence-corrected chi connectivity index (χ0v) is 9.85. The van der Waals surface area contributed by atoms with Crippen molar-refractivity contribution in [3.05, 3.63) is 0 Å². The molecule has 0 aromatic heterocycles. The quantitative estimate of drug-likeness (QED) is 0.709. The lowest BCUT2D eigenvalue weighted by molar-refractivity contribution is -0.129. The maximum Gasteiger partial charge on any atom is 0.224 e. The summed E-state index contributed by atoms with van der Waals surface area (Å²) >= 11 is 0. The maximum absolute atomic E-state index is 11.8. The van der Waals surface area contributed by atoms with Crippen LogP contribution in [0.25, 0.3) is 0 Å². The average Bonchev–Trinajstić information content (AvgIpc) is 2.85. The Morgan fingerprint density at radius 2 is 2.31 bits per heavy atom. The first-order valence-corrected chi connectivity index (χ1v) is 6.16. The van der Waals surface area contributed by atoms with Crippen LogP contribution in [0.4, 0.5) is 0 Å². The number of carbonyl (C=O) groups excluding carboxylic acids is 1. The zero-order valence-electron chi connectivity index (χ0n) is 9.85. The van der Waals surface area contributed by atoms with Gasteiger partial charge in [0.15, 0.2) is 0 Å². The summed E-state index contributed by atoms with van der Waals surface area (Å²) in [6.45, 7) is 6.05. The summed E-state index contributed by atoms with van der Waals surface area (Å²) in [5.74, 6) is 0.0997. The highest BCUT2D eigenvalue weighted by Gasteiger charge is 2.37. The summed E-state index contributed by atoms with van der Waals surface area (Å²) in [6, 6.07) is 2.57. The molecule has 88 valence electrons. The fraction of sp³-hybridized carbons (Fsp3) is 0.833. The Labute approximate surface area is 96.8 Å². The topological polar surface area (TPSA) is 47.3 Å². The van der Waals surface area contributed by atoms with E-state index in [0.29, 0.717) is 19.0 Å². The minimum Gasteiger partial charge on any atom is -0.337 e. The Kier molecular flexibility index (Phi) is 3.45. The van der Waals surface area contributed by atoms with Gasteiger partial charge in [-0.25, -0.2) is 0 Å². The van der Waals surface area contributed by atoms with Gasteiger partial charge in [-0.05, 0) is 19.4 Å². The fourth-order valence-electron chi connectivity index (χ4n) is 2.76. The van der Waals surface area contributed by atoms with Gasteiger partial charge in [-0.2, -0.15) is 5.26 Å². The number of rotatable bonds is 3. The Morgan fingerprint density at radius 3 is 2.94 bits per heavy atom. The van der Waals surface area contributed by atoms with Crippen molar-refractivity contribution in [3.8, 4) is 6.07 Å². The van der Waals surface area contributed by atoms with Gasteiger partial charge in [-0.1, -0.05) is 6.92 Å². The molecule has 2 rings (SSSR count). The standard InChI is InChI=1S/C12H19N3O/c1-2-4-14-5-3-11(9-14)15-8-10(7-13)6-12(15)16/h10-11H,2-6,8-9H2,1H3. The molecule has 0 aliphatic carbocycles. The van der Waals surface area contributed by atoms with Crippen LogP contribution >= 0.6 is 0 Å². The van der Waals surface area contributed by atoms with E-state index in [0.717, 1.165) is 26.1 Å². The van der Waals surface area contributed by atoms with Crippen molar-refractivity contribution in [2.24, 2.45) is 5.92 Å². The monoisotopic (exact) mass is 221 g/mol. The van der Waals surface area contributed by atoms with Gasteiger partial charge in [0.25, 0.3) is 0 Å². The van der Waals surface area contributed by atoms with Crippen LogP contribution in [0, 0.1) is 17.2 Å². The van der Waals surface area contributed by atoms with Gasteiger partial charge in [0.2, 0.25) is 5.91 Å². The van der Waals surface area contributed by atoms with E-state index in [2.05, 4.69) is 17.9 Å². The third-order valence-corrected chi connectivity index (χ3v) is 3.57. The van der Waals surface area contributed by atoms with Crippen molar-refractivity contribution in [2.45, 2.75) is 32.2 Å². The zero-order chi connectivity index (χ0) is 11.5. The molecule has 4 nitrogen and oxygen atoms in total. The predicted molar refractivity (Wildman–Crippen MR) is 60.6 cm³/mol. The van der Waals surface area contributed by atoms with Crippen LogP contribution in [-0.2, 0) is 4.79 Å². The van der Waals surface area contributed by atoms with Gasteiger partial charge in [0.05, 0.1) is 12.0 Å². The molecule has 16 heavy (non-hydrogen) atoms. The first kappa shape index (κ1) is 11.4. The van der Waals surface area contributed by atoms with Gasteiger partial charge in [0.1, 0.15) is 0 Å². The van der Waals surface area contributed by atoms with Crippen molar-refractivity contribution in [2.75, 3.05) is 26.2 Å². The summed E-state index contributed by atoms with van der Waals surface area (Å²) in [4.78, 5) is 16.1. The Hall–Kier alpha value is -1.08. The SMILES string of the molecule is CCCN1CCC(N2CC(C#N)CC2=O)C1. The maximum atomic E-state index is 11.8. The molecule has 2 fully saturated rings. The van der Waals surface area contributed by atoms with Crippen LogP contribution in [0.1, 0.15) is 26.2 Å². The van der Waals surface area contributed by atoms with E-state index >= 15 is 0 Å². The molecule has 2 aliphatic heterocycles. The largest absolute Gasteiger partial charge is 0.337 e. The van der Waals surface area contributed by atoms with E-state index in [9.17, 15) is 4.79 Å². The minimum absolute atomic E-state index is 0.0762. The van der Waals surface area contributed by atoms with Crippen molar-refractivity contribution in [3.63, 3.8) is 0 Å². The number of carbonyl (C=O) groups is 1. The average molecular weight is 221 g/mol. The summed E-state index contributed by atoms with van der Waals surface area (Å²) in [6.07, 6.45) is 2.67. The Balaban J connectivity index is 1.90. The van der Waals surface area contributed by atoms with E-state index in [1.54, 1.807) is 0 Å². The van der Waals surface area contributed by atoms with Crippen LogP contribution in [0.15, 0.2) is 0 Å². The van der Waals surface area contributed by atoms with E-state index < -0.39 is 0 Å². The third-order valence-electron chi connectivity index (χ3n) is 3.57. The van der Waals surface area contributed by atoms with Crippen LogP contribution in [0.5, 0.6) is 0 Å². The Morgan fingerprint density at radius 1 is 1.50 bits per heavy atom. The number of nitrogens with zero attached hydrogens (tertiary/aromatic N) is 3. The van der Waals surface area contributed by atoms with Gasteiger partial charge in [-0.3, -0.25) is 4.79 Å². The van der Waals surface area contributed by atoms with Gasteiger partial charge in [-0.15, -0.1) is 0 Å². The van der Waals surface area contributed by atoms with E-state index in [1.807, 2.05) is 4.90 Å². The highest BCUT2D eigenvalue weighted by Crippen LogP contribution is 2.24. The molecule has 0 aromatic carbocycles. The first-order valence-electron chi connectivity index (χ1n) is 6.16. The smallest absolute Gasteiger partial charge is 0.224 e. The molecule has 2 unspecified atom stereocenters. The number of likely N-dealkylation sites (tertiary alicyclic amines) is 2. The molecule has 0 aromatic rings. The minimum atomic E-state index is -0.0762. The summed E-state index contributed by atoms with van der Waals surface area (Å²) < 4.78 is 0. The van der Waals surface area contributed by atoms with Crippen molar-refractivity contribution in [1.82, 2.24) is 9.80 Å². The molecule has 2 atom stereocenters. The van der Waals surface area contributed by atoms with Gasteiger partial charge < -0.3 is 9.80 Å². The molecule has 4 heteroatoms. The normalized spacial score (nSPS) is 31.0. The lowest BCUT2D eigenvalue weighted by Crippen LogP contribution is -2.38. The van der Waals surface area contributed by atoms with Crippen LogP contribution < -0.4 is 0 Å². The lowest BCUT2D eigenvalue weighted by atomic mass is 10.1. The van der Waals surface area contributed by atoms with E-state index in [1.165, 1.54) is 6.42 Å². The van der Waals surface area contributed by atoms with Crippen molar-refractivity contribution >= 4 is 5.91 Å². The van der Waals surface area contributed by atoms with E-state index in [4.69, 9.17) is 5.26 Å². The summed E-state index contributed by atoms with van der Waals surface area (Å²) in [7, 11) is 0. The fourth-order valence-corrected chi connectivity index (χ4v) is 2.76. The first-order chi connectivity index (χ1) is 7.74. The molecular formula is C12H19N3O.